The van der Waals surface area contributed by atoms with E-state index in [1.807, 2.05) is 36.4 Å². The lowest BCUT2D eigenvalue weighted by Crippen LogP contribution is -2.43. The quantitative estimate of drug-likeness (QED) is 0.262. The van der Waals surface area contributed by atoms with Gasteiger partial charge in [-0.2, -0.15) is 0 Å². The summed E-state index contributed by atoms with van der Waals surface area (Å²) in [7, 11) is 1.43. The zero-order valence-electron chi connectivity index (χ0n) is 23.2. The van der Waals surface area contributed by atoms with E-state index in [9.17, 15) is 4.79 Å². The maximum atomic E-state index is 12.2. The number of aromatic nitrogens is 6. The molecule has 10 heteroatoms. The number of tetrazole rings is 1. The Labute approximate surface area is 238 Å². The van der Waals surface area contributed by atoms with E-state index in [0.717, 1.165) is 52.6 Å². The fourth-order valence-corrected chi connectivity index (χ4v) is 5.38. The number of imidazole rings is 1. The van der Waals surface area contributed by atoms with Crippen LogP contribution in [0, 0.1) is 0 Å². The molecule has 0 radical (unpaired) electrons. The number of hydrogen-bond donors (Lipinski definition) is 1. The number of anilines is 2. The van der Waals surface area contributed by atoms with Crippen LogP contribution in [0.1, 0.15) is 30.4 Å². The molecular formula is C31H32N8O2. The van der Waals surface area contributed by atoms with Crippen molar-refractivity contribution in [2.24, 2.45) is 0 Å². The van der Waals surface area contributed by atoms with Crippen LogP contribution >= 0.6 is 0 Å². The number of nitrogens with one attached hydrogen (secondary N) is 1. The van der Waals surface area contributed by atoms with Gasteiger partial charge in [-0.15, -0.1) is 5.10 Å². The molecule has 2 aromatic heterocycles. The fraction of sp³-hybridized carbons (Fsp3) is 0.258. The van der Waals surface area contributed by atoms with Crippen molar-refractivity contribution in [1.82, 2.24) is 35.1 Å². The third-order valence-electron chi connectivity index (χ3n) is 7.36. The largest absolute Gasteiger partial charge is 0.468 e. The summed E-state index contributed by atoms with van der Waals surface area (Å²) in [6.45, 7) is 4.24. The highest BCUT2D eigenvalue weighted by molar-refractivity contribution is 5.80. The normalized spacial score (nSPS) is 13.3. The molecule has 3 aromatic carbocycles. The molecular weight excluding hydrogens is 516 g/mol. The molecule has 3 heterocycles. The SMILES string of the molecule is CCCc1nc2c(n1Cc1ccc(-c3ccccc3-c3nnn[nH]3)cc1)CN(CC(=O)OC)CN2c1ccccc1. The molecule has 6 rings (SSSR count). The van der Waals surface area contributed by atoms with Crippen molar-refractivity contribution in [2.45, 2.75) is 32.9 Å². The second-order valence-corrected chi connectivity index (χ2v) is 10.1. The van der Waals surface area contributed by atoms with Gasteiger partial charge < -0.3 is 14.2 Å². The number of carbonyl (C=O) groups excluding carboxylic acids is 1. The number of aromatic amines is 1. The molecule has 1 N–H and O–H groups in total. The Morgan fingerprint density at radius 2 is 1.73 bits per heavy atom. The predicted molar refractivity (Wildman–Crippen MR) is 156 cm³/mol. The molecule has 1 aliphatic heterocycles. The van der Waals surface area contributed by atoms with Crippen LogP contribution in [0.4, 0.5) is 11.5 Å². The van der Waals surface area contributed by atoms with Gasteiger partial charge in [-0.25, -0.2) is 10.1 Å². The Morgan fingerprint density at radius 3 is 2.44 bits per heavy atom. The van der Waals surface area contributed by atoms with Crippen molar-refractivity contribution in [3.63, 3.8) is 0 Å². The van der Waals surface area contributed by atoms with Crippen LogP contribution in [0.2, 0.25) is 0 Å². The third kappa shape index (κ3) is 5.46. The smallest absolute Gasteiger partial charge is 0.319 e. The summed E-state index contributed by atoms with van der Waals surface area (Å²) in [4.78, 5) is 21.7. The third-order valence-corrected chi connectivity index (χ3v) is 7.36. The number of hydrogen-bond acceptors (Lipinski definition) is 8. The van der Waals surface area contributed by atoms with Gasteiger partial charge >= 0.3 is 5.97 Å². The molecule has 0 atom stereocenters. The first kappa shape index (κ1) is 26.4. The van der Waals surface area contributed by atoms with Gasteiger partial charge in [0.25, 0.3) is 0 Å². The van der Waals surface area contributed by atoms with Gasteiger partial charge in [-0.1, -0.05) is 73.7 Å². The van der Waals surface area contributed by atoms with Crippen LogP contribution in [0.3, 0.4) is 0 Å². The minimum Gasteiger partial charge on any atom is -0.468 e. The molecule has 0 bridgehead atoms. The molecule has 0 aliphatic carbocycles. The lowest BCUT2D eigenvalue weighted by molar-refractivity contribution is -0.142. The number of carbonyl (C=O) groups is 1. The molecule has 5 aromatic rings. The first-order valence-corrected chi connectivity index (χ1v) is 13.8. The molecule has 0 saturated carbocycles. The molecule has 0 spiro atoms. The number of ether oxygens (including phenoxy) is 1. The lowest BCUT2D eigenvalue weighted by atomic mass is 9.98. The van der Waals surface area contributed by atoms with Crippen molar-refractivity contribution in [1.29, 1.82) is 0 Å². The number of methoxy groups -OCH3 is 1. The monoisotopic (exact) mass is 548 g/mol. The van der Waals surface area contributed by atoms with Crippen LogP contribution in [0.5, 0.6) is 0 Å². The first-order valence-electron chi connectivity index (χ1n) is 13.8. The Bertz CT molecular complexity index is 1610. The van der Waals surface area contributed by atoms with Gasteiger partial charge in [0.2, 0.25) is 0 Å². The van der Waals surface area contributed by atoms with Crippen LogP contribution in [-0.4, -0.2) is 61.4 Å². The molecule has 0 unspecified atom stereocenters. The Morgan fingerprint density at radius 1 is 0.976 bits per heavy atom. The molecule has 0 amide bonds. The van der Waals surface area contributed by atoms with Gasteiger partial charge in [0.1, 0.15) is 5.82 Å². The molecule has 0 saturated heterocycles. The van der Waals surface area contributed by atoms with E-state index in [4.69, 9.17) is 9.72 Å². The van der Waals surface area contributed by atoms with Gasteiger partial charge in [-0.3, -0.25) is 9.69 Å². The highest BCUT2D eigenvalue weighted by Crippen LogP contribution is 2.35. The first-order chi connectivity index (χ1) is 20.1. The van der Waals surface area contributed by atoms with Crippen LogP contribution in [0.15, 0.2) is 78.9 Å². The molecule has 208 valence electrons. The average molecular weight is 549 g/mol. The van der Waals surface area contributed by atoms with Crippen molar-refractivity contribution in [3.8, 4) is 22.5 Å². The topological polar surface area (TPSA) is 105 Å². The summed E-state index contributed by atoms with van der Waals surface area (Å²) in [6.07, 6.45) is 1.85. The van der Waals surface area contributed by atoms with E-state index < -0.39 is 0 Å². The number of para-hydroxylation sites is 1. The number of benzene rings is 3. The highest BCUT2D eigenvalue weighted by Gasteiger charge is 2.31. The summed E-state index contributed by atoms with van der Waals surface area (Å²) < 4.78 is 7.32. The van der Waals surface area contributed by atoms with Gasteiger partial charge in [0, 0.05) is 30.8 Å². The number of fused-ring (bicyclic) bond motifs is 1. The van der Waals surface area contributed by atoms with Gasteiger partial charge in [0.05, 0.1) is 26.0 Å². The van der Waals surface area contributed by atoms with E-state index in [-0.39, 0.29) is 12.5 Å². The summed E-state index contributed by atoms with van der Waals surface area (Å²) in [5.74, 6) is 2.38. The standard InChI is InChI=1S/C31H32N8O2/c1-3-9-28-32-31-27(19-37(20-29(40)41-2)21-39(31)24-10-5-4-6-11-24)38(28)18-22-14-16-23(17-15-22)25-12-7-8-13-26(25)30-33-35-36-34-30/h4-8,10-17H,3,9,18-21H2,1-2H3,(H,33,34,35,36). The van der Waals surface area contributed by atoms with E-state index in [2.05, 4.69) is 84.4 Å². The van der Waals surface area contributed by atoms with Crippen molar-refractivity contribution < 1.29 is 9.53 Å². The molecule has 10 nitrogen and oxygen atoms in total. The minimum absolute atomic E-state index is 0.211. The summed E-state index contributed by atoms with van der Waals surface area (Å²) in [5.41, 5.74) is 6.40. The zero-order valence-corrected chi connectivity index (χ0v) is 23.2. The summed E-state index contributed by atoms with van der Waals surface area (Å²) in [5, 5.41) is 14.4. The molecule has 41 heavy (non-hydrogen) atoms. The Hall–Kier alpha value is -4.83. The molecule has 1 aliphatic rings. The predicted octanol–water partition coefficient (Wildman–Crippen LogP) is 4.82. The van der Waals surface area contributed by atoms with Crippen LogP contribution < -0.4 is 4.90 Å². The maximum absolute atomic E-state index is 12.2. The number of nitrogens with zero attached hydrogens (tertiary/aromatic N) is 7. The Balaban J connectivity index is 1.34. The van der Waals surface area contributed by atoms with Crippen molar-refractivity contribution in [2.75, 3.05) is 25.2 Å². The maximum Gasteiger partial charge on any atom is 0.319 e. The number of aryl methyl sites for hydroxylation is 1. The lowest BCUT2D eigenvalue weighted by Gasteiger charge is -2.35. The van der Waals surface area contributed by atoms with Gasteiger partial charge in [-0.05, 0) is 45.7 Å². The summed E-state index contributed by atoms with van der Waals surface area (Å²) >= 11 is 0. The van der Waals surface area contributed by atoms with Gasteiger partial charge in [0.15, 0.2) is 11.6 Å². The van der Waals surface area contributed by atoms with Crippen molar-refractivity contribution in [3.05, 3.63) is 95.9 Å². The second kappa shape index (κ2) is 11.7. The fourth-order valence-electron chi connectivity index (χ4n) is 5.38. The Kier molecular flexibility index (Phi) is 7.55. The number of rotatable bonds is 9. The summed E-state index contributed by atoms with van der Waals surface area (Å²) in [6, 6.07) is 26.9. The van der Waals surface area contributed by atoms with E-state index in [1.54, 1.807) is 0 Å². The van der Waals surface area contributed by atoms with E-state index in [0.29, 0.717) is 25.6 Å². The van der Waals surface area contributed by atoms with E-state index in [1.165, 1.54) is 12.7 Å². The zero-order chi connectivity index (χ0) is 28.2. The second-order valence-electron chi connectivity index (χ2n) is 10.1. The van der Waals surface area contributed by atoms with Crippen molar-refractivity contribution >= 4 is 17.5 Å². The average Bonchev–Trinajstić information content (AvgIpc) is 3.67. The van der Waals surface area contributed by atoms with E-state index >= 15 is 0 Å². The number of esters is 1. The number of H-pyrrole nitrogens is 1. The van der Waals surface area contributed by atoms with Crippen LogP contribution in [-0.2, 0) is 29.0 Å². The minimum atomic E-state index is -0.252. The van der Waals surface area contributed by atoms with Crippen LogP contribution in [0.25, 0.3) is 22.5 Å². The highest BCUT2D eigenvalue weighted by atomic mass is 16.5. The molecule has 0 fully saturated rings.